The lowest BCUT2D eigenvalue weighted by Crippen LogP contribution is -2.18. The highest BCUT2D eigenvalue weighted by atomic mass is 32.1. The highest BCUT2D eigenvalue weighted by Crippen LogP contribution is 2.33. The Balaban J connectivity index is 1.45. The molecule has 0 aliphatic heterocycles. The molecule has 164 valence electrons. The van der Waals surface area contributed by atoms with Crippen LogP contribution in [0.2, 0.25) is 0 Å². The van der Waals surface area contributed by atoms with Crippen molar-refractivity contribution in [2.45, 2.75) is 65.5 Å². The van der Waals surface area contributed by atoms with Crippen LogP contribution in [0, 0.1) is 13.8 Å². The van der Waals surface area contributed by atoms with Crippen molar-refractivity contribution in [1.29, 1.82) is 0 Å². The van der Waals surface area contributed by atoms with Crippen molar-refractivity contribution in [2.75, 3.05) is 5.32 Å². The van der Waals surface area contributed by atoms with Gasteiger partial charge < -0.3 is 14.3 Å². The maximum Gasteiger partial charge on any atom is 0.259 e. The summed E-state index contributed by atoms with van der Waals surface area (Å²) < 4.78 is 8.08. The summed E-state index contributed by atoms with van der Waals surface area (Å²) in [6.45, 7) is 5.91. The monoisotopic (exact) mass is 440 g/mol. The summed E-state index contributed by atoms with van der Waals surface area (Å²) in [6, 6.07) is 6.10. The van der Waals surface area contributed by atoms with Crippen molar-refractivity contribution in [3.63, 3.8) is 0 Å². The van der Waals surface area contributed by atoms with Crippen LogP contribution in [0.3, 0.4) is 0 Å². The molecule has 3 heterocycles. The third kappa shape index (κ3) is 4.74. The van der Waals surface area contributed by atoms with Gasteiger partial charge in [-0.2, -0.15) is 0 Å². The van der Waals surface area contributed by atoms with Crippen molar-refractivity contribution >= 4 is 28.3 Å². The number of hydrogen-bond donors (Lipinski definition) is 2. The van der Waals surface area contributed by atoms with Gasteiger partial charge in [-0.05, 0) is 44.9 Å². The number of rotatable bonds is 6. The quantitative estimate of drug-likeness (QED) is 0.550. The number of nitrogens with zero attached hydrogens (tertiary/aromatic N) is 2. The smallest absolute Gasteiger partial charge is 0.259 e. The van der Waals surface area contributed by atoms with Gasteiger partial charge in [0.1, 0.15) is 11.5 Å². The second-order valence-corrected chi connectivity index (χ2v) is 8.97. The molecule has 2 amide bonds. The Morgan fingerprint density at radius 1 is 1.23 bits per heavy atom. The van der Waals surface area contributed by atoms with E-state index >= 15 is 0 Å². The van der Waals surface area contributed by atoms with E-state index in [1.807, 2.05) is 30.5 Å². The van der Waals surface area contributed by atoms with E-state index in [1.165, 1.54) is 50.4 Å². The molecule has 1 fully saturated rings. The standard InChI is InChI=1S/C23H28N4O3S/c1-14-11-19(15(2)27(14)17-7-5-4-6-8-17)22(29)26-23-25-20(13-31-23)21-10-9-18(30-21)12-24-16(3)28/h9-11,13,17H,4-8,12H2,1-3H3,(H,24,28)(H,25,26,29). The topological polar surface area (TPSA) is 89.2 Å². The molecule has 2 N–H and O–H groups in total. The number of thiazole rings is 1. The molecule has 4 rings (SSSR count). The first-order valence-corrected chi connectivity index (χ1v) is 11.6. The molecule has 8 heteroatoms. The van der Waals surface area contributed by atoms with Gasteiger partial charge in [0, 0.05) is 29.7 Å². The molecule has 1 saturated carbocycles. The van der Waals surface area contributed by atoms with E-state index in [0.717, 1.165) is 11.4 Å². The number of nitrogens with one attached hydrogen (secondary N) is 2. The average molecular weight is 441 g/mol. The van der Waals surface area contributed by atoms with Crippen molar-refractivity contribution < 1.29 is 14.0 Å². The Hall–Kier alpha value is -2.87. The normalized spacial score (nSPS) is 14.5. The van der Waals surface area contributed by atoms with Crippen LogP contribution in [-0.4, -0.2) is 21.4 Å². The summed E-state index contributed by atoms with van der Waals surface area (Å²) >= 11 is 1.36. The number of anilines is 1. The molecule has 0 unspecified atom stereocenters. The Kier molecular flexibility index (Phi) is 6.27. The summed E-state index contributed by atoms with van der Waals surface area (Å²) in [7, 11) is 0. The molecule has 0 atom stereocenters. The summed E-state index contributed by atoms with van der Waals surface area (Å²) in [5.74, 6) is 1.01. The minimum Gasteiger partial charge on any atom is -0.458 e. The van der Waals surface area contributed by atoms with Crippen LogP contribution < -0.4 is 10.6 Å². The Bertz CT molecular complexity index is 1090. The molecule has 7 nitrogen and oxygen atoms in total. The van der Waals surface area contributed by atoms with Gasteiger partial charge in [-0.15, -0.1) is 11.3 Å². The maximum atomic E-state index is 13.0. The molecule has 1 aliphatic carbocycles. The Morgan fingerprint density at radius 3 is 2.74 bits per heavy atom. The number of hydrogen-bond acceptors (Lipinski definition) is 5. The van der Waals surface area contributed by atoms with E-state index in [2.05, 4.69) is 27.1 Å². The second kappa shape index (κ2) is 9.09. The van der Waals surface area contributed by atoms with Gasteiger partial charge in [0.15, 0.2) is 10.9 Å². The molecule has 0 radical (unpaired) electrons. The zero-order valence-electron chi connectivity index (χ0n) is 18.2. The minimum atomic E-state index is -0.137. The molecule has 31 heavy (non-hydrogen) atoms. The number of carbonyl (C=O) groups is 2. The number of amides is 2. The first kappa shape index (κ1) is 21.4. The Morgan fingerprint density at radius 2 is 2.00 bits per heavy atom. The van der Waals surface area contributed by atoms with Gasteiger partial charge in [-0.25, -0.2) is 4.98 Å². The molecular weight excluding hydrogens is 412 g/mol. The highest BCUT2D eigenvalue weighted by molar-refractivity contribution is 7.14. The van der Waals surface area contributed by atoms with Crippen molar-refractivity contribution in [1.82, 2.24) is 14.9 Å². The van der Waals surface area contributed by atoms with Crippen LogP contribution in [0.25, 0.3) is 11.5 Å². The van der Waals surface area contributed by atoms with Crippen molar-refractivity contribution in [2.24, 2.45) is 0 Å². The molecule has 0 bridgehead atoms. The van der Waals surface area contributed by atoms with Crippen molar-refractivity contribution in [3.05, 3.63) is 46.3 Å². The zero-order valence-corrected chi connectivity index (χ0v) is 19.0. The number of aromatic nitrogens is 2. The van der Waals surface area contributed by atoms with E-state index in [-0.39, 0.29) is 11.8 Å². The van der Waals surface area contributed by atoms with Gasteiger partial charge in [0.25, 0.3) is 5.91 Å². The third-order valence-corrected chi connectivity index (χ3v) is 6.58. The summed E-state index contributed by atoms with van der Waals surface area (Å²) in [5.41, 5.74) is 3.52. The van der Waals surface area contributed by atoms with E-state index < -0.39 is 0 Å². The van der Waals surface area contributed by atoms with Crippen LogP contribution in [-0.2, 0) is 11.3 Å². The van der Waals surface area contributed by atoms with Crippen LogP contribution >= 0.6 is 11.3 Å². The second-order valence-electron chi connectivity index (χ2n) is 8.11. The lowest BCUT2D eigenvalue weighted by molar-refractivity contribution is -0.119. The molecule has 0 aromatic carbocycles. The highest BCUT2D eigenvalue weighted by Gasteiger charge is 2.23. The van der Waals surface area contributed by atoms with Gasteiger partial charge in [0.05, 0.1) is 12.1 Å². The molecule has 0 saturated heterocycles. The maximum absolute atomic E-state index is 13.0. The fourth-order valence-electron chi connectivity index (χ4n) is 4.34. The lowest BCUT2D eigenvalue weighted by atomic mass is 9.95. The van der Waals surface area contributed by atoms with Crippen LogP contribution in [0.15, 0.2) is 28.0 Å². The molecular formula is C23H28N4O3S. The summed E-state index contributed by atoms with van der Waals surface area (Å²) in [5, 5.41) is 8.02. The first-order valence-electron chi connectivity index (χ1n) is 10.7. The van der Waals surface area contributed by atoms with Gasteiger partial charge in [-0.1, -0.05) is 19.3 Å². The van der Waals surface area contributed by atoms with Gasteiger partial charge in [-0.3, -0.25) is 14.9 Å². The predicted molar refractivity (Wildman–Crippen MR) is 121 cm³/mol. The molecule has 1 aliphatic rings. The molecule has 3 aromatic heterocycles. The van der Waals surface area contributed by atoms with Gasteiger partial charge >= 0.3 is 0 Å². The summed E-state index contributed by atoms with van der Waals surface area (Å²) in [6.07, 6.45) is 6.18. The molecule has 3 aromatic rings. The van der Waals surface area contributed by atoms with E-state index in [4.69, 9.17) is 4.42 Å². The van der Waals surface area contributed by atoms with Crippen LogP contribution in [0.1, 0.15) is 72.6 Å². The summed E-state index contributed by atoms with van der Waals surface area (Å²) in [4.78, 5) is 28.5. The van der Waals surface area contributed by atoms with E-state index in [0.29, 0.717) is 40.5 Å². The fraction of sp³-hybridized carbons (Fsp3) is 0.435. The molecule has 0 spiro atoms. The van der Waals surface area contributed by atoms with Crippen LogP contribution in [0.4, 0.5) is 5.13 Å². The minimum absolute atomic E-state index is 0.112. The zero-order chi connectivity index (χ0) is 22.0. The first-order chi connectivity index (χ1) is 14.9. The van der Waals surface area contributed by atoms with Crippen molar-refractivity contribution in [3.8, 4) is 11.5 Å². The van der Waals surface area contributed by atoms with Crippen LogP contribution in [0.5, 0.6) is 0 Å². The fourth-order valence-corrected chi connectivity index (χ4v) is 5.03. The third-order valence-electron chi connectivity index (χ3n) is 5.82. The largest absolute Gasteiger partial charge is 0.458 e. The number of carbonyl (C=O) groups excluding carboxylic acids is 2. The number of aryl methyl sites for hydroxylation is 1. The number of furan rings is 1. The SMILES string of the molecule is CC(=O)NCc1ccc(-c2csc(NC(=O)c3cc(C)n(C4CCCCC4)c3C)n2)o1. The Labute approximate surface area is 185 Å². The van der Waals surface area contributed by atoms with E-state index in [9.17, 15) is 9.59 Å². The van der Waals surface area contributed by atoms with Gasteiger partial charge in [0.2, 0.25) is 5.91 Å². The predicted octanol–water partition coefficient (Wildman–Crippen LogP) is 5.22. The lowest BCUT2D eigenvalue weighted by Gasteiger charge is -2.26. The average Bonchev–Trinajstić information content (AvgIpc) is 3.46. The van der Waals surface area contributed by atoms with E-state index in [1.54, 1.807) is 0 Å².